The fourth-order valence-corrected chi connectivity index (χ4v) is 6.35. The minimum absolute atomic E-state index is 0.0169. The number of hydrogen-bond acceptors (Lipinski definition) is 7. The highest BCUT2D eigenvalue weighted by Crippen LogP contribution is 2.37. The van der Waals surface area contributed by atoms with Gasteiger partial charge in [-0.05, 0) is 52.2 Å². The summed E-state index contributed by atoms with van der Waals surface area (Å²) in [5.74, 6) is -0.842. The molecule has 2 heterocycles. The highest BCUT2D eigenvalue weighted by atomic mass is 79.9. The standard InChI is InChI=1S/C23H23BrClF3N4O5S/c1-2-38(35,36)18-4-3-13(25)7-12(18)9-32-21(33)15-8-17(37-23(26,27)28)16(11-31-6-5-14(29)10-31)19(24)20(15)30-22(32)34/h3-4,7-8,14H,2,5-6,9-11,29H2,1H3,(H,30,34). The summed E-state index contributed by atoms with van der Waals surface area (Å²) in [6.45, 7) is 1.99. The number of halogens is 5. The van der Waals surface area contributed by atoms with Crippen molar-refractivity contribution in [3.8, 4) is 5.75 Å². The fourth-order valence-electron chi connectivity index (χ4n) is 4.41. The summed E-state index contributed by atoms with van der Waals surface area (Å²) < 4.78 is 70.1. The van der Waals surface area contributed by atoms with Gasteiger partial charge in [-0.2, -0.15) is 0 Å². The predicted molar refractivity (Wildman–Crippen MR) is 139 cm³/mol. The zero-order valence-corrected chi connectivity index (χ0v) is 23.1. The Morgan fingerprint density at radius 2 is 1.95 bits per heavy atom. The maximum Gasteiger partial charge on any atom is 0.573 e. The van der Waals surface area contributed by atoms with E-state index in [0.29, 0.717) is 24.1 Å². The second kappa shape index (κ2) is 10.6. The first kappa shape index (κ1) is 28.6. The molecule has 1 aliphatic heterocycles. The first-order valence-electron chi connectivity index (χ1n) is 11.4. The van der Waals surface area contributed by atoms with Crippen molar-refractivity contribution in [2.45, 2.75) is 43.7 Å². The number of nitrogens with one attached hydrogen (secondary N) is 1. The van der Waals surface area contributed by atoms with Gasteiger partial charge in [0.15, 0.2) is 9.84 Å². The number of nitrogens with two attached hydrogens (primary N) is 1. The molecule has 3 N–H and O–H groups in total. The number of likely N-dealkylation sites (tertiary alicyclic amines) is 1. The Morgan fingerprint density at radius 3 is 2.55 bits per heavy atom. The summed E-state index contributed by atoms with van der Waals surface area (Å²) in [4.78, 5) is 30.7. The van der Waals surface area contributed by atoms with Crippen LogP contribution in [0.1, 0.15) is 24.5 Å². The SMILES string of the molecule is CCS(=O)(=O)c1ccc(Cl)cc1Cn1c(=O)[nH]c2c(Br)c(CN3CCC(N)C3)c(OC(F)(F)F)cc2c1=O. The monoisotopic (exact) mass is 638 g/mol. The second-order valence-corrected chi connectivity index (χ2v) is 12.4. The van der Waals surface area contributed by atoms with Crippen LogP contribution in [0.2, 0.25) is 5.02 Å². The largest absolute Gasteiger partial charge is 0.573 e. The summed E-state index contributed by atoms with van der Waals surface area (Å²) in [5.41, 5.74) is 4.25. The molecule has 1 unspecified atom stereocenters. The first-order chi connectivity index (χ1) is 17.7. The van der Waals surface area contributed by atoms with E-state index in [1.165, 1.54) is 25.1 Å². The Labute approximate surface area is 228 Å². The number of H-pyrrole nitrogens is 1. The molecule has 38 heavy (non-hydrogen) atoms. The minimum atomic E-state index is -5.05. The maximum absolute atomic E-state index is 13.4. The number of ether oxygens (including phenoxy) is 1. The molecule has 2 aromatic carbocycles. The van der Waals surface area contributed by atoms with Crippen LogP contribution in [0.3, 0.4) is 0 Å². The van der Waals surface area contributed by atoms with Crippen LogP contribution in [-0.2, 0) is 22.9 Å². The lowest BCUT2D eigenvalue weighted by atomic mass is 10.1. The van der Waals surface area contributed by atoms with Gasteiger partial charge < -0.3 is 15.5 Å². The number of sulfone groups is 1. The van der Waals surface area contributed by atoms with Crippen LogP contribution in [0.15, 0.2) is 43.2 Å². The van der Waals surface area contributed by atoms with Crippen molar-refractivity contribution in [1.82, 2.24) is 14.5 Å². The molecule has 3 aromatic rings. The lowest BCUT2D eigenvalue weighted by Crippen LogP contribution is -2.36. The number of fused-ring (bicyclic) bond motifs is 1. The van der Waals surface area contributed by atoms with Crippen molar-refractivity contribution < 1.29 is 26.3 Å². The molecule has 1 saturated heterocycles. The zero-order valence-electron chi connectivity index (χ0n) is 19.9. The van der Waals surface area contributed by atoms with Gasteiger partial charge in [0.25, 0.3) is 5.56 Å². The van der Waals surface area contributed by atoms with Crippen molar-refractivity contribution in [2.75, 3.05) is 18.8 Å². The minimum Gasteiger partial charge on any atom is -0.405 e. The zero-order chi connectivity index (χ0) is 28.0. The fraction of sp³-hybridized carbons (Fsp3) is 0.391. The summed E-state index contributed by atoms with van der Waals surface area (Å²) in [6, 6.07) is 4.77. The van der Waals surface area contributed by atoms with E-state index in [4.69, 9.17) is 17.3 Å². The number of aromatic amines is 1. The molecule has 9 nitrogen and oxygen atoms in total. The van der Waals surface area contributed by atoms with Gasteiger partial charge in [0.1, 0.15) is 5.75 Å². The Hall–Kier alpha value is -2.39. The number of alkyl halides is 3. The lowest BCUT2D eigenvalue weighted by Gasteiger charge is -2.21. The van der Waals surface area contributed by atoms with Crippen molar-refractivity contribution in [3.63, 3.8) is 0 Å². The van der Waals surface area contributed by atoms with Gasteiger partial charge in [-0.15, -0.1) is 13.2 Å². The van der Waals surface area contributed by atoms with E-state index in [9.17, 15) is 31.2 Å². The third-order valence-corrected chi connectivity index (χ3v) is 9.20. The van der Waals surface area contributed by atoms with Gasteiger partial charge in [-0.1, -0.05) is 18.5 Å². The smallest absolute Gasteiger partial charge is 0.405 e. The van der Waals surface area contributed by atoms with Gasteiger partial charge in [0.2, 0.25) is 0 Å². The molecule has 0 radical (unpaired) electrons. The van der Waals surface area contributed by atoms with E-state index in [2.05, 4.69) is 25.7 Å². The van der Waals surface area contributed by atoms with E-state index < -0.39 is 39.7 Å². The normalized spacial score (nSPS) is 16.9. The van der Waals surface area contributed by atoms with Crippen molar-refractivity contribution in [1.29, 1.82) is 0 Å². The third kappa shape index (κ3) is 5.93. The quantitative estimate of drug-likeness (QED) is 0.406. The van der Waals surface area contributed by atoms with E-state index in [0.717, 1.165) is 6.07 Å². The Bertz CT molecular complexity index is 1620. The van der Waals surface area contributed by atoms with Gasteiger partial charge in [0.05, 0.1) is 32.6 Å². The van der Waals surface area contributed by atoms with E-state index in [1.807, 2.05) is 4.90 Å². The third-order valence-electron chi connectivity index (χ3n) is 6.26. The Kier molecular flexibility index (Phi) is 8.01. The molecule has 1 aliphatic rings. The number of rotatable bonds is 7. The first-order valence-corrected chi connectivity index (χ1v) is 14.3. The summed E-state index contributed by atoms with van der Waals surface area (Å²) in [5, 5.41) is -0.0882. The predicted octanol–water partition coefficient (Wildman–Crippen LogP) is 3.38. The molecular weight excluding hydrogens is 617 g/mol. The van der Waals surface area contributed by atoms with Crippen molar-refractivity contribution >= 4 is 48.3 Å². The molecule has 1 aromatic heterocycles. The second-order valence-electron chi connectivity index (χ2n) is 8.90. The number of nitrogens with zero attached hydrogens (tertiary/aromatic N) is 2. The van der Waals surface area contributed by atoms with Crippen LogP contribution in [0.5, 0.6) is 5.75 Å². The number of aromatic nitrogens is 2. The Morgan fingerprint density at radius 1 is 1.24 bits per heavy atom. The number of hydrogen-bond donors (Lipinski definition) is 2. The molecule has 1 atom stereocenters. The highest BCUT2D eigenvalue weighted by Gasteiger charge is 2.34. The van der Waals surface area contributed by atoms with Gasteiger partial charge in [0, 0.05) is 36.3 Å². The lowest BCUT2D eigenvalue weighted by molar-refractivity contribution is -0.275. The maximum atomic E-state index is 13.4. The van der Waals surface area contributed by atoms with E-state index >= 15 is 0 Å². The average Bonchev–Trinajstić information content (AvgIpc) is 3.23. The van der Waals surface area contributed by atoms with E-state index in [-0.39, 0.29) is 54.8 Å². The van der Waals surface area contributed by atoms with Gasteiger partial charge in [-0.25, -0.2) is 13.2 Å². The molecule has 4 rings (SSSR count). The number of benzene rings is 2. The average molecular weight is 640 g/mol. The van der Waals surface area contributed by atoms with Crippen molar-refractivity contribution in [2.24, 2.45) is 5.73 Å². The Balaban J connectivity index is 1.89. The van der Waals surface area contributed by atoms with Gasteiger partial charge in [-0.3, -0.25) is 14.3 Å². The van der Waals surface area contributed by atoms with Crippen LogP contribution in [0, 0.1) is 0 Å². The molecule has 0 aliphatic carbocycles. The van der Waals surface area contributed by atoms with E-state index in [1.54, 1.807) is 0 Å². The summed E-state index contributed by atoms with van der Waals surface area (Å²) in [7, 11) is -3.74. The molecule has 0 saturated carbocycles. The van der Waals surface area contributed by atoms with Gasteiger partial charge >= 0.3 is 12.1 Å². The summed E-state index contributed by atoms with van der Waals surface area (Å²) >= 11 is 9.30. The molecule has 15 heteroatoms. The van der Waals surface area contributed by atoms with Crippen LogP contribution in [0.25, 0.3) is 10.9 Å². The molecule has 1 fully saturated rings. The molecule has 206 valence electrons. The highest BCUT2D eigenvalue weighted by molar-refractivity contribution is 9.10. The topological polar surface area (TPSA) is 127 Å². The molecule has 0 amide bonds. The van der Waals surface area contributed by atoms with Crippen LogP contribution in [-0.4, -0.2) is 54.1 Å². The molecule has 0 bridgehead atoms. The van der Waals surface area contributed by atoms with Crippen molar-refractivity contribution in [3.05, 3.63) is 65.7 Å². The summed E-state index contributed by atoms with van der Waals surface area (Å²) in [6.07, 6.45) is -4.38. The van der Waals surface area contributed by atoms with Crippen LogP contribution < -0.4 is 21.7 Å². The van der Waals surface area contributed by atoms with Crippen LogP contribution in [0.4, 0.5) is 13.2 Å². The molecule has 0 spiro atoms. The molecular formula is C23H23BrClF3N4O5S. The van der Waals surface area contributed by atoms with Crippen LogP contribution >= 0.6 is 27.5 Å².